The molecule has 0 aromatic heterocycles. The summed E-state index contributed by atoms with van der Waals surface area (Å²) in [6, 6.07) is 10.1. The Hall–Kier alpha value is -1.15. The number of aldehydes is 1. The zero-order chi connectivity index (χ0) is 11.1. The summed E-state index contributed by atoms with van der Waals surface area (Å²) in [6.45, 7) is 6.19. The third kappa shape index (κ3) is 1.25. The molecule has 0 bridgehead atoms. The molecule has 0 spiro atoms. The second-order valence-corrected chi connectivity index (χ2v) is 4.80. The molecular weight excluding hydrogens is 188 g/mol. The lowest BCUT2D eigenvalue weighted by Gasteiger charge is -2.58. The first kappa shape index (κ1) is 10.4. The summed E-state index contributed by atoms with van der Waals surface area (Å²) in [6.07, 6.45) is 0.604. The molecule has 0 saturated carbocycles. The predicted octanol–water partition coefficient (Wildman–Crippen LogP) is 2.53. The zero-order valence-electron chi connectivity index (χ0n) is 9.36. The Kier molecular flexibility index (Phi) is 2.19. The lowest BCUT2D eigenvalue weighted by atomic mass is 9.63. The zero-order valence-corrected chi connectivity index (χ0v) is 9.36. The minimum Gasteiger partial charge on any atom is -0.359 e. The maximum Gasteiger partial charge on any atom is 0.149 e. The van der Waals surface area contributed by atoms with Gasteiger partial charge in [0.15, 0.2) is 0 Å². The Morgan fingerprint density at radius 3 is 2.27 bits per heavy atom. The highest BCUT2D eigenvalue weighted by Crippen LogP contribution is 2.55. The normalized spacial score (nSPS) is 33.1. The van der Waals surface area contributed by atoms with E-state index in [0.29, 0.717) is 0 Å². The van der Waals surface area contributed by atoms with E-state index in [1.807, 2.05) is 37.3 Å². The first-order valence-electron chi connectivity index (χ1n) is 5.21. The summed E-state index contributed by atoms with van der Waals surface area (Å²) in [5.74, 6) is 0. The maximum absolute atomic E-state index is 10.8. The van der Waals surface area contributed by atoms with Crippen LogP contribution in [0, 0.1) is 5.41 Å². The number of benzene rings is 1. The first-order chi connectivity index (χ1) is 7.02. The number of carbonyl (C=O) groups is 1. The van der Waals surface area contributed by atoms with Gasteiger partial charge in [0, 0.05) is 5.41 Å². The molecule has 0 unspecified atom stereocenters. The minimum absolute atomic E-state index is 0.143. The molecule has 0 N–H and O–H groups in total. The van der Waals surface area contributed by atoms with E-state index >= 15 is 0 Å². The standard InChI is InChI=1S/C13H16O2/c1-12(2)11(9-14)15-13(12,3)10-7-5-4-6-8-10/h4-9,11H,1-3H3/t11-,13+/m0/s1. The fourth-order valence-electron chi connectivity index (χ4n) is 2.16. The molecule has 15 heavy (non-hydrogen) atoms. The van der Waals surface area contributed by atoms with Crippen LogP contribution in [0.15, 0.2) is 30.3 Å². The Morgan fingerprint density at radius 1 is 1.20 bits per heavy atom. The smallest absolute Gasteiger partial charge is 0.149 e. The van der Waals surface area contributed by atoms with E-state index in [1.54, 1.807) is 0 Å². The van der Waals surface area contributed by atoms with Gasteiger partial charge in [-0.25, -0.2) is 0 Å². The van der Waals surface area contributed by atoms with E-state index in [2.05, 4.69) is 13.8 Å². The monoisotopic (exact) mass is 204 g/mol. The van der Waals surface area contributed by atoms with E-state index in [0.717, 1.165) is 11.8 Å². The summed E-state index contributed by atoms with van der Waals surface area (Å²) in [7, 11) is 0. The second-order valence-electron chi connectivity index (χ2n) is 4.80. The number of rotatable bonds is 2. The van der Waals surface area contributed by atoms with E-state index in [4.69, 9.17) is 4.74 Å². The van der Waals surface area contributed by atoms with Crippen molar-refractivity contribution in [1.29, 1.82) is 0 Å². The predicted molar refractivity (Wildman–Crippen MR) is 58.5 cm³/mol. The van der Waals surface area contributed by atoms with Crippen molar-refractivity contribution in [1.82, 2.24) is 0 Å². The Labute approximate surface area is 90.3 Å². The molecule has 2 rings (SSSR count). The van der Waals surface area contributed by atoms with Gasteiger partial charge in [0.2, 0.25) is 0 Å². The van der Waals surface area contributed by atoms with E-state index in [-0.39, 0.29) is 17.1 Å². The van der Waals surface area contributed by atoms with Crippen LogP contribution in [0.1, 0.15) is 26.3 Å². The first-order valence-corrected chi connectivity index (χ1v) is 5.21. The van der Waals surface area contributed by atoms with Gasteiger partial charge in [-0.05, 0) is 12.5 Å². The summed E-state index contributed by atoms with van der Waals surface area (Å²) in [5.41, 5.74) is 0.642. The van der Waals surface area contributed by atoms with Crippen molar-refractivity contribution in [3.8, 4) is 0 Å². The fourth-order valence-corrected chi connectivity index (χ4v) is 2.16. The summed E-state index contributed by atoms with van der Waals surface area (Å²) < 4.78 is 5.71. The van der Waals surface area contributed by atoms with Gasteiger partial charge in [0.05, 0.1) is 5.60 Å². The van der Waals surface area contributed by atoms with Crippen molar-refractivity contribution in [2.24, 2.45) is 5.41 Å². The average Bonchev–Trinajstić information content (AvgIpc) is 2.26. The summed E-state index contributed by atoms with van der Waals surface area (Å²) >= 11 is 0. The van der Waals surface area contributed by atoms with Crippen molar-refractivity contribution in [3.05, 3.63) is 35.9 Å². The van der Waals surface area contributed by atoms with Gasteiger partial charge in [-0.1, -0.05) is 44.2 Å². The largest absolute Gasteiger partial charge is 0.359 e. The molecule has 80 valence electrons. The van der Waals surface area contributed by atoms with E-state index in [9.17, 15) is 4.79 Å². The summed E-state index contributed by atoms with van der Waals surface area (Å²) in [5, 5.41) is 0. The van der Waals surface area contributed by atoms with Crippen molar-refractivity contribution in [3.63, 3.8) is 0 Å². The van der Waals surface area contributed by atoms with Gasteiger partial charge < -0.3 is 9.53 Å². The molecule has 1 aromatic carbocycles. The Bertz CT molecular complexity index is 369. The van der Waals surface area contributed by atoms with Gasteiger partial charge in [0.25, 0.3) is 0 Å². The highest BCUT2D eigenvalue weighted by molar-refractivity contribution is 5.61. The van der Waals surface area contributed by atoms with Gasteiger partial charge in [-0.15, -0.1) is 0 Å². The van der Waals surface area contributed by atoms with E-state index < -0.39 is 0 Å². The molecule has 1 fully saturated rings. The number of carbonyl (C=O) groups excluding carboxylic acids is 1. The Morgan fingerprint density at radius 2 is 1.80 bits per heavy atom. The van der Waals surface area contributed by atoms with Crippen molar-refractivity contribution in [2.75, 3.05) is 0 Å². The molecule has 2 atom stereocenters. The SMILES string of the molecule is CC1(C)[C@H](C=O)O[C@]1(C)c1ccccc1. The maximum atomic E-state index is 10.8. The average molecular weight is 204 g/mol. The van der Waals surface area contributed by atoms with Crippen LogP contribution in [0.4, 0.5) is 0 Å². The lowest BCUT2D eigenvalue weighted by molar-refractivity contribution is -0.289. The quantitative estimate of drug-likeness (QED) is 0.692. The van der Waals surface area contributed by atoms with Crippen molar-refractivity contribution >= 4 is 6.29 Å². The molecule has 1 heterocycles. The van der Waals surface area contributed by atoms with Crippen molar-refractivity contribution in [2.45, 2.75) is 32.5 Å². The highest BCUT2D eigenvalue weighted by atomic mass is 16.5. The summed E-state index contributed by atoms with van der Waals surface area (Å²) in [4.78, 5) is 10.8. The molecule has 2 heteroatoms. The molecule has 0 amide bonds. The molecule has 1 aliphatic heterocycles. The fraction of sp³-hybridized carbons (Fsp3) is 0.462. The highest BCUT2D eigenvalue weighted by Gasteiger charge is 2.59. The molecule has 0 aliphatic carbocycles. The third-order valence-electron chi connectivity index (χ3n) is 3.75. The topological polar surface area (TPSA) is 26.3 Å². The lowest BCUT2D eigenvalue weighted by Crippen LogP contribution is -2.63. The van der Waals surface area contributed by atoms with Gasteiger partial charge in [0.1, 0.15) is 12.4 Å². The van der Waals surface area contributed by atoms with Crippen LogP contribution in [0.25, 0.3) is 0 Å². The van der Waals surface area contributed by atoms with Crippen LogP contribution in [0.5, 0.6) is 0 Å². The molecule has 1 saturated heterocycles. The van der Waals surface area contributed by atoms with Crippen LogP contribution < -0.4 is 0 Å². The van der Waals surface area contributed by atoms with Gasteiger partial charge in [-0.3, -0.25) is 0 Å². The Balaban J connectivity index is 2.35. The van der Waals surface area contributed by atoms with E-state index in [1.165, 1.54) is 0 Å². The van der Waals surface area contributed by atoms with Gasteiger partial charge in [-0.2, -0.15) is 0 Å². The third-order valence-corrected chi connectivity index (χ3v) is 3.75. The molecule has 1 aromatic rings. The second kappa shape index (κ2) is 3.17. The van der Waals surface area contributed by atoms with Crippen molar-refractivity contribution < 1.29 is 9.53 Å². The van der Waals surface area contributed by atoms with Crippen LogP contribution in [0.3, 0.4) is 0 Å². The number of ether oxygens (including phenoxy) is 1. The molecule has 1 aliphatic rings. The van der Waals surface area contributed by atoms with Crippen LogP contribution >= 0.6 is 0 Å². The number of hydrogen-bond donors (Lipinski definition) is 0. The van der Waals surface area contributed by atoms with Crippen LogP contribution in [-0.4, -0.2) is 12.4 Å². The van der Waals surface area contributed by atoms with Crippen LogP contribution in [-0.2, 0) is 15.1 Å². The van der Waals surface area contributed by atoms with Crippen LogP contribution in [0.2, 0.25) is 0 Å². The van der Waals surface area contributed by atoms with Gasteiger partial charge >= 0.3 is 0 Å². The molecular formula is C13H16O2. The minimum atomic E-state index is -0.347. The number of hydrogen-bond acceptors (Lipinski definition) is 2. The molecule has 2 nitrogen and oxygen atoms in total. The molecule has 0 radical (unpaired) electrons.